The van der Waals surface area contributed by atoms with Crippen LogP contribution in [0.2, 0.25) is 0 Å². The van der Waals surface area contributed by atoms with Gasteiger partial charge in [-0.15, -0.1) is 4.37 Å². The quantitative estimate of drug-likeness (QED) is 0.792. The number of carbonyl (C=O) groups excluding carboxylic acids is 1. The molecule has 0 spiro atoms. The topological polar surface area (TPSA) is 84.6 Å². The Morgan fingerprint density at radius 2 is 1.96 bits per heavy atom. The Labute approximate surface area is 151 Å². The summed E-state index contributed by atoms with van der Waals surface area (Å²) in [5.41, 5.74) is 6.78. The smallest absolute Gasteiger partial charge is 0.270 e. The standard InChI is InChI=1S/C17H23N5O2S/c1-24-17-16(19-25-20-17)22-9-7-21(8-10-22)12-14(15(18)23)11-13-5-3-2-4-6-13/h2-6,14H,7-12H2,1H3,(H2,18,23)/t14-/m1/s1. The van der Waals surface area contributed by atoms with E-state index in [4.69, 9.17) is 10.5 Å². The molecule has 0 radical (unpaired) electrons. The van der Waals surface area contributed by atoms with Gasteiger partial charge in [0.15, 0.2) is 0 Å². The number of methoxy groups -OCH3 is 1. The summed E-state index contributed by atoms with van der Waals surface area (Å²) < 4.78 is 13.7. The molecule has 3 rings (SSSR count). The number of hydrogen-bond acceptors (Lipinski definition) is 7. The third kappa shape index (κ3) is 4.46. The zero-order valence-corrected chi connectivity index (χ0v) is 15.1. The van der Waals surface area contributed by atoms with Crippen LogP contribution in [0.25, 0.3) is 0 Å². The predicted molar refractivity (Wildman–Crippen MR) is 97.9 cm³/mol. The van der Waals surface area contributed by atoms with Crippen LogP contribution in [0.5, 0.6) is 5.88 Å². The second-order valence-corrected chi connectivity index (χ2v) is 6.70. The van der Waals surface area contributed by atoms with E-state index in [0.29, 0.717) is 18.8 Å². The van der Waals surface area contributed by atoms with Crippen LogP contribution < -0.4 is 15.4 Å². The maximum Gasteiger partial charge on any atom is 0.270 e. The maximum absolute atomic E-state index is 11.9. The highest BCUT2D eigenvalue weighted by Crippen LogP contribution is 2.26. The predicted octanol–water partition coefficient (Wildman–Crippen LogP) is 1.01. The molecule has 25 heavy (non-hydrogen) atoms. The first-order chi connectivity index (χ1) is 12.2. The maximum atomic E-state index is 11.9. The molecule has 1 saturated heterocycles. The summed E-state index contributed by atoms with van der Waals surface area (Å²) in [5, 5.41) is 0. The first-order valence-corrected chi connectivity index (χ1v) is 9.07. The fourth-order valence-electron chi connectivity index (χ4n) is 3.11. The van der Waals surface area contributed by atoms with Crippen LogP contribution in [-0.4, -0.2) is 59.4 Å². The average Bonchev–Trinajstić information content (AvgIpc) is 3.11. The molecule has 2 aromatic rings. The van der Waals surface area contributed by atoms with Crippen LogP contribution in [0.15, 0.2) is 30.3 Å². The molecular formula is C17H23N5O2S. The SMILES string of the molecule is COc1nsnc1N1CCN(C[C@@H](Cc2ccccc2)C(N)=O)CC1. The van der Waals surface area contributed by atoms with Crippen molar-refractivity contribution in [2.45, 2.75) is 6.42 Å². The van der Waals surface area contributed by atoms with Gasteiger partial charge in [0.2, 0.25) is 11.7 Å². The Balaban J connectivity index is 1.55. The van der Waals surface area contributed by atoms with Gasteiger partial charge in [-0.3, -0.25) is 9.69 Å². The largest absolute Gasteiger partial charge is 0.478 e. The van der Waals surface area contributed by atoms with Crippen molar-refractivity contribution in [3.63, 3.8) is 0 Å². The van der Waals surface area contributed by atoms with E-state index in [1.807, 2.05) is 30.3 Å². The van der Waals surface area contributed by atoms with Gasteiger partial charge in [-0.05, 0) is 12.0 Å². The second-order valence-electron chi connectivity index (χ2n) is 6.17. The minimum absolute atomic E-state index is 0.176. The van der Waals surface area contributed by atoms with Crippen LogP contribution >= 0.6 is 11.7 Å². The van der Waals surface area contributed by atoms with Crippen molar-refractivity contribution < 1.29 is 9.53 Å². The molecule has 1 aliphatic rings. The van der Waals surface area contributed by atoms with Crippen molar-refractivity contribution >= 4 is 23.5 Å². The van der Waals surface area contributed by atoms with Crippen LogP contribution in [0, 0.1) is 5.92 Å². The molecule has 134 valence electrons. The van der Waals surface area contributed by atoms with Crippen molar-refractivity contribution in [3.05, 3.63) is 35.9 Å². The summed E-state index contributed by atoms with van der Waals surface area (Å²) >= 11 is 1.16. The summed E-state index contributed by atoms with van der Waals surface area (Å²) in [6.45, 7) is 4.07. The molecule has 7 nitrogen and oxygen atoms in total. The van der Waals surface area contributed by atoms with Gasteiger partial charge in [-0.1, -0.05) is 30.3 Å². The molecule has 2 N–H and O–H groups in total. The van der Waals surface area contributed by atoms with Gasteiger partial charge < -0.3 is 15.4 Å². The zero-order chi connectivity index (χ0) is 17.6. The molecule has 0 saturated carbocycles. The Morgan fingerprint density at radius 1 is 1.24 bits per heavy atom. The number of piperazine rings is 1. The summed E-state index contributed by atoms with van der Waals surface area (Å²) in [6, 6.07) is 10.0. The van der Waals surface area contributed by atoms with Crippen molar-refractivity contribution in [1.29, 1.82) is 0 Å². The highest BCUT2D eigenvalue weighted by atomic mass is 32.1. The first-order valence-electron chi connectivity index (χ1n) is 8.34. The minimum atomic E-state index is -0.239. The number of hydrogen-bond donors (Lipinski definition) is 1. The molecule has 2 heterocycles. The van der Waals surface area contributed by atoms with Crippen molar-refractivity contribution in [3.8, 4) is 5.88 Å². The number of rotatable bonds is 7. The number of ether oxygens (including phenoxy) is 1. The Morgan fingerprint density at radius 3 is 2.60 bits per heavy atom. The van der Waals surface area contributed by atoms with E-state index in [1.165, 1.54) is 0 Å². The molecule has 0 bridgehead atoms. The van der Waals surface area contributed by atoms with Gasteiger partial charge >= 0.3 is 0 Å². The normalized spacial score (nSPS) is 16.6. The molecule has 0 aliphatic carbocycles. The number of benzene rings is 1. The third-order valence-electron chi connectivity index (χ3n) is 4.51. The van der Waals surface area contributed by atoms with Crippen LogP contribution in [0.3, 0.4) is 0 Å². The first kappa shape index (κ1) is 17.6. The minimum Gasteiger partial charge on any atom is -0.478 e. The molecule has 1 aromatic carbocycles. The Bertz CT molecular complexity index is 685. The summed E-state index contributed by atoms with van der Waals surface area (Å²) in [7, 11) is 1.61. The average molecular weight is 361 g/mol. The fourth-order valence-corrected chi connectivity index (χ4v) is 3.65. The number of nitrogens with two attached hydrogens (primary N) is 1. The van der Waals surface area contributed by atoms with Crippen molar-refractivity contribution in [1.82, 2.24) is 13.6 Å². The summed E-state index contributed by atoms with van der Waals surface area (Å²) in [5.74, 6) is 0.974. The molecule has 1 aromatic heterocycles. The fraction of sp³-hybridized carbons (Fsp3) is 0.471. The zero-order valence-electron chi connectivity index (χ0n) is 14.3. The van der Waals surface area contributed by atoms with Crippen LogP contribution in [0.4, 0.5) is 5.82 Å². The summed E-state index contributed by atoms with van der Waals surface area (Å²) in [6.07, 6.45) is 0.681. The Kier molecular flexibility index (Phi) is 5.83. The number of primary amides is 1. The number of amides is 1. The van der Waals surface area contributed by atoms with E-state index < -0.39 is 0 Å². The van der Waals surface area contributed by atoms with E-state index in [2.05, 4.69) is 18.5 Å². The lowest BCUT2D eigenvalue weighted by Crippen LogP contribution is -2.49. The number of anilines is 1. The molecule has 1 fully saturated rings. The van der Waals surface area contributed by atoms with Crippen LogP contribution in [-0.2, 0) is 11.2 Å². The molecule has 1 amide bonds. The van der Waals surface area contributed by atoms with Gasteiger partial charge in [0.1, 0.15) is 0 Å². The lowest BCUT2D eigenvalue weighted by atomic mass is 9.98. The van der Waals surface area contributed by atoms with Crippen molar-refractivity contribution in [2.24, 2.45) is 11.7 Å². The van der Waals surface area contributed by atoms with Gasteiger partial charge in [0.05, 0.1) is 24.8 Å². The van der Waals surface area contributed by atoms with Gasteiger partial charge in [-0.2, -0.15) is 4.37 Å². The van der Waals surface area contributed by atoms with E-state index in [-0.39, 0.29) is 11.8 Å². The monoisotopic (exact) mass is 361 g/mol. The van der Waals surface area contributed by atoms with Gasteiger partial charge in [-0.25, -0.2) is 0 Å². The van der Waals surface area contributed by atoms with Gasteiger partial charge in [0, 0.05) is 32.7 Å². The van der Waals surface area contributed by atoms with E-state index in [1.54, 1.807) is 7.11 Å². The highest BCUT2D eigenvalue weighted by Gasteiger charge is 2.26. The molecule has 1 atom stereocenters. The van der Waals surface area contributed by atoms with Crippen LogP contribution in [0.1, 0.15) is 5.56 Å². The molecular weight excluding hydrogens is 338 g/mol. The van der Waals surface area contributed by atoms with Crippen molar-refractivity contribution in [2.75, 3.05) is 44.7 Å². The molecule has 0 unspecified atom stereocenters. The second kappa shape index (κ2) is 8.26. The third-order valence-corrected chi connectivity index (χ3v) is 5.02. The van der Waals surface area contributed by atoms with E-state index in [0.717, 1.165) is 49.3 Å². The van der Waals surface area contributed by atoms with E-state index >= 15 is 0 Å². The number of aromatic nitrogens is 2. The summed E-state index contributed by atoms with van der Waals surface area (Å²) in [4.78, 5) is 16.3. The molecule has 1 aliphatic heterocycles. The number of nitrogens with zero attached hydrogens (tertiary/aromatic N) is 4. The molecule has 8 heteroatoms. The lowest BCUT2D eigenvalue weighted by Gasteiger charge is -2.36. The number of carbonyl (C=O) groups is 1. The van der Waals surface area contributed by atoms with Gasteiger partial charge in [0.25, 0.3) is 5.88 Å². The lowest BCUT2D eigenvalue weighted by molar-refractivity contribution is -0.122. The van der Waals surface area contributed by atoms with E-state index in [9.17, 15) is 4.79 Å². The Hall–Kier alpha value is -2.19. The highest BCUT2D eigenvalue weighted by molar-refractivity contribution is 6.99.